The van der Waals surface area contributed by atoms with Crippen molar-refractivity contribution in [3.8, 4) is 0 Å². The number of pyridine rings is 1. The minimum Gasteiger partial charge on any atom is -0.271 e. The molecule has 1 unspecified atom stereocenters. The van der Waals surface area contributed by atoms with E-state index in [0.29, 0.717) is 0 Å². The van der Waals surface area contributed by atoms with Gasteiger partial charge in [-0.2, -0.15) is 0 Å². The van der Waals surface area contributed by atoms with E-state index in [1.54, 1.807) is 6.20 Å². The Labute approximate surface area is 122 Å². The van der Waals surface area contributed by atoms with E-state index in [4.69, 9.17) is 5.84 Å². The van der Waals surface area contributed by atoms with Gasteiger partial charge in [0.1, 0.15) is 0 Å². The molecule has 1 heterocycles. The number of nitrogens with zero attached hydrogens (tertiary/aromatic N) is 1. The Hall–Kier alpha value is -1.23. The molecule has 0 bridgehead atoms. The second-order valence-electron chi connectivity index (χ2n) is 4.53. The summed E-state index contributed by atoms with van der Waals surface area (Å²) in [5, 5.41) is 0. The standard InChI is InChI=1S/C15H18BrN3/c16-14-9-13(10-18-11-14)15(19-17)8-4-7-12-5-2-1-3-6-12/h1-3,5-6,9-11,15,19H,4,7-8,17H2. The summed E-state index contributed by atoms with van der Waals surface area (Å²) in [6.45, 7) is 0. The third kappa shape index (κ3) is 4.42. The van der Waals surface area contributed by atoms with Crippen LogP contribution in [0, 0.1) is 0 Å². The normalized spacial score (nSPS) is 12.3. The first-order chi connectivity index (χ1) is 9.29. The fraction of sp³-hybridized carbons (Fsp3) is 0.267. The van der Waals surface area contributed by atoms with E-state index in [1.165, 1.54) is 5.56 Å². The lowest BCUT2D eigenvalue weighted by atomic mass is 10.0. The number of rotatable bonds is 6. The van der Waals surface area contributed by atoms with Gasteiger partial charge in [-0.3, -0.25) is 16.3 Å². The number of halogens is 1. The van der Waals surface area contributed by atoms with Crippen LogP contribution in [-0.4, -0.2) is 4.98 Å². The van der Waals surface area contributed by atoms with Gasteiger partial charge < -0.3 is 0 Å². The molecule has 0 fully saturated rings. The van der Waals surface area contributed by atoms with Crippen LogP contribution in [0.4, 0.5) is 0 Å². The molecule has 2 rings (SSSR count). The molecule has 4 heteroatoms. The average Bonchev–Trinajstić information content (AvgIpc) is 2.45. The third-order valence-electron chi connectivity index (χ3n) is 3.13. The first kappa shape index (κ1) is 14.2. The molecule has 0 aliphatic heterocycles. The van der Waals surface area contributed by atoms with Gasteiger partial charge in [0.05, 0.1) is 0 Å². The molecule has 1 aromatic heterocycles. The summed E-state index contributed by atoms with van der Waals surface area (Å²) >= 11 is 3.43. The van der Waals surface area contributed by atoms with E-state index in [-0.39, 0.29) is 6.04 Å². The Kier molecular flexibility index (Phi) is 5.51. The molecule has 19 heavy (non-hydrogen) atoms. The van der Waals surface area contributed by atoms with E-state index >= 15 is 0 Å². The highest BCUT2D eigenvalue weighted by Gasteiger charge is 2.10. The van der Waals surface area contributed by atoms with E-state index in [9.17, 15) is 0 Å². The first-order valence-corrected chi connectivity index (χ1v) is 7.19. The molecule has 0 radical (unpaired) electrons. The molecule has 100 valence electrons. The van der Waals surface area contributed by atoms with Gasteiger partial charge in [-0.25, -0.2) is 0 Å². The van der Waals surface area contributed by atoms with Crippen molar-refractivity contribution in [1.29, 1.82) is 0 Å². The number of hydrazine groups is 1. The van der Waals surface area contributed by atoms with Crippen molar-refractivity contribution in [2.75, 3.05) is 0 Å². The summed E-state index contributed by atoms with van der Waals surface area (Å²) in [7, 11) is 0. The molecule has 0 aliphatic rings. The van der Waals surface area contributed by atoms with Crippen LogP contribution in [0.5, 0.6) is 0 Å². The Balaban J connectivity index is 1.89. The maximum atomic E-state index is 5.64. The zero-order valence-electron chi connectivity index (χ0n) is 10.7. The van der Waals surface area contributed by atoms with Gasteiger partial charge in [0.25, 0.3) is 0 Å². The maximum Gasteiger partial charge on any atom is 0.0475 e. The highest BCUT2D eigenvalue weighted by Crippen LogP contribution is 2.21. The predicted molar refractivity (Wildman–Crippen MR) is 81.4 cm³/mol. The zero-order chi connectivity index (χ0) is 13.5. The summed E-state index contributed by atoms with van der Waals surface area (Å²) in [6, 6.07) is 12.7. The van der Waals surface area contributed by atoms with E-state index in [0.717, 1.165) is 29.3 Å². The van der Waals surface area contributed by atoms with Gasteiger partial charge in [0, 0.05) is 22.9 Å². The molecular weight excluding hydrogens is 302 g/mol. The molecule has 0 saturated carbocycles. The topological polar surface area (TPSA) is 50.9 Å². The molecule has 2 aromatic rings. The van der Waals surface area contributed by atoms with Crippen LogP contribution >= 0.6 is 15.9 Å². The Morgan fingerprint density at radius 1 is 1.21 bits per heavy atom. The summed E-state index contributed by atoms with van der Waals surface area (Å²) in [5.74, 6) is 5.64. The molecule has 0 saturated heterocycles. The van der Waals surface area contributed by atoms with Crippen molar-refractivity contribution >= 4 is 15.9 Å². The highest BCUT2D eigenvalue weighted by molar-refractivity contribution is 9.10. The quantitative estimate of drug-likeness (QED) is 0.634. The minimum absolute atomic E-state index is 0.147. The van der Waals surface area contributed by atoms with Gasteiger partial charge in [-0.1, -0.05) is 30.3 Å². The van der Waals surface area contributed by atoms with Crippen LogP contribution in [0.3, 0.4) is 0 Å². The van der Waals surface area contributed by atoms with Crippen molar-refractivity contribution in [2.45, 2.75) is 25.3 Å². The Bertz CT molecular complexity index is 502. The molecule has 0 amide bonds. The molecular formula is C15H18BrN3. The first-order valence-electron chi connectivity index (χ1n) is 6.40. The van der Waals surface area contributed by atoms with E-state index < -0.39 is 0 Å². The van der Waals surface area contributed by atoms with Crippen molar-refractivity contribution in [1.82, 2.24) is 10.4 Å². The number of aryl methyl sites for hydroxylation is 1. The monoisotopic (exact) mass is 319 g/mol. The fourth-order valence-electron chi connectivity index (χ4n) is 2.12. The molecule has 1 aromatic carbocycles. The lowest BCUT2D eigenvalue weighted by molar-refractivity contribution is 0.497. The smallest absolute Gasteiger partial charge is 0.0475 e. The van der Waals surface area contributed by atoms with Gasteiger partial charge in [0.2, 0.25) is 0 Å². The Morgan fingerprint density at radius 3 is 2.68 bits per heavy atom. The number of aromatic nitrogens is 1. The van der Waals surface area contributed by atoms with Crippen LogP contribution in [0.25, 0.3) is 0 Å². The molecule has 0 aliphatic carbocycles. The maximum absolute atomic E-state index is 5.64. The zero-order valence-corrected chi connectivity index (χ0v) is 12.3. The minimum atomic E-state index is 0.147. The van der Waals surface area contributed by atoms with Crippen molar-refractivity contribution < 1.29 is 0 Å². The summed E-state index contributed by atoms with van der Waals surface area (Å²) in [4.78, 5) is 4.18. The van der Waals surface area contributed by atoms with Crippen LogP contribution in [0.2, 0.25) is 0 Å². The van der Waals surface area contributed by atoms with Crippen molar-refractivity contribution in [3.05, 3.63) is 64.4 Å². The third-order valence-corrected chi connectivity index (χ3v) is 3.56. The fourth-order valence-corrected chi connectivity index (χ4v) is 2.50. The summed E-state index contributed by atoms with van der Waals surface area (Å²) in [5.41, 5.74) is 5.35. The number of nitrogens with two attached hydrogens (primary N) is 1. The van der Waals surface area contributed by atoms with Crippen LogP contribution in [0.15, 0.2) is 53.3 Å². The van der Waals surface area contributed by atoms with Crippen LogP contribution in [-0.2, 0) is 6.42 Å². The summed E-state index contributed by atoms with van der Waals surface area (Å²) < 4.78 is 0.980. The summed E-state index contributed by atoms with van der Waals surface area (Å²) in [6.07, 6.45) is 6.79. The van der Waals surface area contributed by atoms with Crippen LogP contribution in [0.1, 0.15) is 30.0 Å². The number of hydrogen-bond acceptors (Lipinski definition) is 3. The predicted octanol–water partition coefficient (Wildman–Crippen LogP) is 3.37. The molecule has 1 atom stereocenters. The lowest BCUT2D eigenvalue weighted by Gasteiger charge is -2.16. The van der Waals surface area contributed by atoms with Crippen molar-refractivity contribution in [2.24, 2.45) is 5.84 Å². The largest absolute Gasteiger partial charge is 0.271 e. The second-order valence-corrected chi connectivity index (χ2v) is 5.45. The Morgan fingerprint density at radius 2 is 2.00 bits per heavy atom. The van der Waals surface area contributed by atoms with Crippen LogP contribution < -0.4 is 11.3 Å². The number of hydrogen-bond donors (Lipinski definition) is 2. The van der Waals surface area contributed by atoms with Gasteiger partial charge >= 0.3 is 0 Å². The second kappa shape index (κ2) is 7.38. The van der Waals surface area contributed by atoms with Crippen molar-refractivity contribution in [3.63, 3.8) is 0 Å². The van der Waals surface area contributed by atoms with E-state index in [1.807, 2.05) is 12.3 Å². The lowest BCUT2D eigenvalue weighted by Crippen LogP contribution is -2.28. The number of nitrogens with one attached hydrogen (secondary N) is 1. The average molecular weight is 320 g/mol. The van der Waals surface area contributed by atoms with E-state index in [2.05, 4.69) is 56.7 Å². The van der Waals surface area contributed by atoms with Gasteiger partial charge in [0.15, 0.2) is 0 Å². The molecule has 0 spiro atoms. The number of benzene rings is 1. The molecule has 3 nitrogen and oxygen atoms in total. The van der Waals surface area contributed by atoms with Gasteiger partial charge in [-0.15, -0.1) is 0 Å². The van der Waals surface area contributed by atoms with Gasteiger partial charge in [-0.05, 0) is 52.4 Å². The molecule has 3 N–H and O–H groups in total. The highest BCUT2D eigenvalue weighted by atomic mass is 79.9. The SMILES string of the molecule is NNC(CCCc1ccccc1)c1cncc(Br)c1.